The Hall–Kier alpha value is -3.39. The molecule has 3 aromatic carbocycles. The van der Waals surface area contributed by atoms with Gasteiger partial charge in [-0.25, -0.2) is 0 Å². The van der Waals surface area contributed by atoms with Crippen molar-refractivity contribution in [2.75, 3.05) is 0 Å². The third-order valence-electron chi connectivity index (χ3n) is 5.57. The molecule has 35 heavy (non-hydrogen) atoms. The van der Waals surface area contributed by atoms with Gasteiger partial charge in [0.05, 0.1) is 5.52 Å². The molecule has 0 spiro atoms. The van der Waals surface area contributed by atoms with Gasteiger partial charge in [-0.1, -0.05) is 63.2 Å². The van der Waals surface area contributed by atoms with Gasteiger partial charge in [-0.05, 0) is 34.3 Å². The van der Waals surface area contributed by atoms with E-state index >= 15 is 0 Å². The monoisotopic (exact) mass is 633 g/mol. The van der Waals surface area contributed by atoms with Crippen LogP contribution in [0.15, 0.2) is 104 Å². The second-order valence-electron chi connectivity index (χ2n) is 9.09. The minimum Gasteiger partial charge on any atom is -0.305 e. The van der Waals surface area contributed by atoms with Crippen molar-refractivity contribution in [2.45, 2.75) is 26.2 Å². The number of benzene rings is 3. The molecule has 2 heterocycles. The quantitative estimate of drug-likeness (QED) is 0.188. The van der Waals surface area contributed by atoms with E-state index in [1.807, 2.05) is 54.6 Å². The summed E-state index contributed by atoms with van der Waals surface area (Å²) in [5, 5.41) is 1.17. The molecular weight excluding hydrogens is 605 g/mol. The predicted octanol–water partition coefficient (Wildman–Crippen LogP) is 8.19. The van der Waals surface area contributed by atoms with Gasteiger partial charge in [0.25, 0.3) is 0 Å². The van der Waals surface area contributed by atoms with E-state index in [1.54, 1.807) is 12.3 Å². The second kappa shape index (κ2) is 11.8. The summed E-state index contributed by atoms with van der Waals surface area (Å²) in [6.07, 6.45) is 3.59. The van der Waals surface area contributed by atoms with E-state index in [1.165, 1.54) is 10.9 Å². The summed E-state index contributed by atoms with van der Waals surface area (Å²) in [7, 11) is 0. The molecule has 0 aliphatic rings. The molecule has 0 amide bonds. The van der Waals surface area contributed by atoms with E-state index in [-0.39, 0.29) is 25.5 Å². The number of rotatable bonds is 3. The molecule has 0 bridgehead atoms. The summed E-state index contributed by atoms with van der Waals surface area (Å²) in [4.78, 5) is 8.95. The maximum Gasteiger partial charge on any atom is 0.0595 e. The number of pyridine rings is 2. The van der Waals surface area contributed by atoms with Crippen LogP contribution < -0.4 is 0 Å². The molecule has 2 aromatic heterocycles. The van der Waals surface area contributed by atoms with Gasteiger partial charge in [0.2, 0.25) is 0 Å². The van der Waals surface area contributed by atoms with Gasteiger partial charge in [0.15, 0.2) is 0 Å². The molecule has 0 atom stereocenters. The minimum absolute atomic E-state index is 0. The molecule has 0 fully saturated rings. The van der Waals surface area contributed by atoms with E-state index in [9.17, 15) is 0 Å². The number of hydrogen-bond acceptors (Lipinski definition) is 2. The zero-order valence-corrected chi connectivity index (χ0v) is 22.6. The molecule has 0 saturated heterocycles. The largest absolute Gasteiger partial charge is 0.305 e. The molecule has 177 valence electrons. The third-order valence-corrected chi connectivity index (χ3v) is 5.57. The van der Waals surface area contributed by atoms with Gasteiger partial charge < -0.3 is 4.98 Å². The van der Waals surface area contributed by atoms with Crippen LogP contribution in [0.5, 0.6) is 0 Å². The molecule has 5 rings (SSSR count). The fourth-order valence-electron chi connectivity index (χ4n) is 3.51. The Bertz CT molecular complexity index is 1370. The topological polar surface area (TPSA) is 25.8 Å². The van der Waals surface area contributed by atoms with Gasteiger partial charge in [0, 0.05) is 26.3 Å². The van der Waals surface area contributed by atoms with Gasteiger partial charge in [-0.15, -0.1) is 83.4 Å². The van der Waals surface area contributed by atoms with Crippen LogP contribution >= 0.6 is 0 Å². The fraction of sp³-hybridized carbons (Fsp3) is 0.125. The third kappa shape index (κ3) is 6.82. The zero-order chi connectivity index (χ0) is 24.0. The molecule has 5 aromatic rings. The minimum atomic E-state index is 0. The average Bonchev–Trinajstić information content (AvgIpc) is 2.89. The summed E-state index contributed by atoms with van der Waals surface area (Å²) in [6, 6.07) is 37.0. The second-order valence-corrected chi connectivity index (χ2v) is 9.09. The van der Waals surface area contributed by atoms with E-state index in [4.69, 9.17) is 4.98 Å². The maximum absolute atomic E-state index is 4.71. The Morgan fingerprint density at radius 2 is 1.46 bits per heavy atom. The first-order valence-electron chi connectivity index (χ1n) is 11.4. The Labute approximate surface area is 222 Å². The SMILES string of the molecule is C=Cc1c[c-]c(-c2ccccn2)cc1.CC(C)(C)c1c[c-]c(-c2ccc3ccccc3n2)cc1.[Ir]. The molecule has 1 radical (unpaired) electrons. The van der Waals surface area contributed by atoms with Crippen LogP contribution in [0.2, 0.25) is 0 Å². The molecule has 0 N–H and O–H groups in total. The predicted molar refractivity (Wildman–Crippen MR) is 143 cm³/mol. The molecule has 0 saturated carbocycles. The van der Waals surface area contributed by atoms with Crippen molar-refractivity contribution >= 4 is 17.0 Å². The summed E-state index contributed by atoms with van der Waals surface area (Å²) < 4.78 is 0. The van der Waals surface area contributed by atoms with Crippen LogP contribution in [-0.2, 0) is 25.5 Å². The smallest absolute Gasteiger partial charge is 0.0595 e. The van der Waals surface area contributed by atoms with Crippen LogP contribution in [0.25, 0.3) is 39.5 Å². The van der Waals surface area contributed by atoms with Crippen LogP contribution in [0.4, 0.5) is 0 Å². The molecule has 0 aliphatic carbocycles. The van der Waals surface area contributed by atoms with E-state index in [2.05, 4.69) is 80.9 Å². The Balaban J connectivity index is 0.000000202. The first-order chi connectivity index (χ1) is 16.4. The number of nitrogens with zero attached hydrogens (tertiary/aromatic N) is 2. The Morgan fingerprint density at radius 3 is 2.09 bits per heavy atom. The van der Waals surface area contributed by atoms with E-state index in [0.717, 1.165) is 33.6 Å². The molecular formula is C32H28IrN2-2. The Morgan fingerprint density at radius 1 is 0.743 bits per heavy atom. The summed E-state index contributed by atoms with van der Waals surface area (Å²) in [6.45, 7) is 10.3. The van der Waals surface area contributed by atoms with Crippen molar-refractivity contribution in [1.82, 2.24) is 9.97 Å². The molecule has 3 heteroatoms. The standard InChI is InChI=1S/C19H18N.C13H10N.Ir/c1-19(2,3)16-11-8-15(9-12-16)18-13-10-14-6-4-5-7-17(14)20-18;1-2-11-6-8-12(9-7-11)13-5-3-4-10-14-13;/h4-8,10-13H,1-3H3;2-8,10H,1H2;/q2*-1;. The van der Waals surface area contributed by atoms with Gasteiger partial charge in [-0.3, -0.25) is 4.98 Å². The fourth-order valence-corrected chi connectivity index (χ4v) is 3.51. The van der Waals surface area contributed by atoms with Gasteiger partial charge in [0.1, 0.15) is 0 Å². The van der Waals surface area contributed by atoms with Crippen LogP contribution in [-0.4, -0.2) is 9.97 Å². The molecule has 2 nitrogen and oxygen atoms in total. The van der Waals surface area contributed by atoms with Crippen molar-refractivity contribution < 1.29 is 20.1 Å². The molecule has 0 aliphatic heterocycles. The number of fused-ring (bicyclic) bond motifs is 1. The van der Waals surface area contributed by atoms with Gasteiger partial charge >= 0.3 is 0 Å². The van der Waals surface area contributed by atoms with Crippen molar-refractivity contribution in [3.8, 4) is 22.5 Å². The van der Waals surface area contributed by atoms with E-state index in [0.29, 0.717) is 0 Å². The average molecular weight is 633 g/mol. The first kappa shape index (κ1) is 26.2. The van der Waals surface area contributed by atoms with Crippen LogP contribution in [0.3, 0.4) is 0 Å². The van der Waals surface area contributed by atoms with Crippen LogP contribution in [0, 0.1) is 12.1 Å². The normalized spacial score (nSPS) is 10.6. The van der Waals surface area contributed by atoms with Gasteiger partial charge in [-0.2, -0.15) is 0 Å². The van der Waals surface area contributed by atoms with Crippen LogP contribution in [0.1, 0.15) is 31.9 Å². The number of para-hydroxylation sites is 1. The first-order valence-corrected chi connectivity index (χ1v) is 11.4. The van der Waals surface area contributed by atoms with E-state index < -0.39 is 0 Å². The summed E-state index contributed by atoms with van der Waals surface area (Å²) >= 11 is 0. The molecule has 0 unspecified atom stereocenters. The Kier molecular flexibility index (Phi) is 8.87. The van der Waals surface area contributed by atoms with Crippen molar-refractivity contribution in [3.05, 3.63) is 127 Å². The maximum atomic E-state index is 4.71. The number of aromatic nitrogens is 2. The number of hydrogen-bond donors (Lipinski definition) is 0. The zero-order valence-electron chi connectivity index (χ0n) is 20.2. The van der Waals surface area contributed by atoms with Crippen molar-refractivity contribution in [3.63, 3.8) is 0 Å². The van der Waals surface area contributed by atoms with Crippen molar-refractivity contribution in [2.24, 2.45) is 0 Å². The summed E-state index contributed by atoms with van der Waals surface area (Å²) in [5.41, 5.74) is 7.53. The van der Waals surface area contributed by atoms with Crippen molar-refractivity contribution in [1.29, 1.82) is 0 Å². The summed E-state index contributed by atoms with van der Waals surface area (Å²) in [5.74, 6) is 0.